The van der Waals surface area contributed by atoms with Crippen molar-refractivity contribution >= 4 is 5.91 Å². The van der Waals surface area contributed by atoms with Crippen molar-refractivity contribution in [3.63, 3.8) is 0 Å². The van der Waals surface area contributed by atoms with E-state index in [9.17, 15) is 4.79 Å². The van der Waals surface area contributed by atoms with Crippen molar-refractivity contribution in [2.24, 2.45) is 0 Å². The molecule has 1 heterocycles. The number of hydrogen-bond donors (Lipinski definition) is 1. The summed E-state index contributed by atoms with van der Waals surface area (Å²) < 4.78 is 11.4. The van der Waals surface area contributed by atoms with E-state index < -0.39 is 6.10 Å². The molecule has 0 bridgehead atoms. The van der Waals surface area contributed by atoms with Gasteiger partial charge in [0.1, 0.15) is 5.75 Å². The van der Waals surface area contributed by atoms with Gasteiger partial charge in [0.25, 0.3) is 5.91 Å². The first-order chi connectivity index (χ1) is 13.0. The summed E-state index contributed by atoms with van der Waals surface area (Å²) in [6.07, 6.45) is 1.27. The van der Waals surface area contributed by atoms with E-state index in [0.29, 0.717) is 6.54 Å². The first-order valence-electron chi connectivity index (χ1n) is 9.65. The zero-order chi connectivity index (χ0) is 19.3. The second-order valence-electron chi connectivity index (χ2n) is 7.48. The minimum absolute atomic E-state index is 0.0741. The summed E-state index contributed by atoms with van der Waals surface area (Å²) in [7, 11) is 0. The lowest BCUT2D eigenvalue weighted by Crippen LogP contribution is -2.47. The Kier molecular flexibility index (Phi) is 6.17. The van der Waals surface area contributed by atoms with Gasteiger partial charge in [-0.1, -0.05) is 36.4 Å². The predicted molar refractivity (Wildman–Crippen MR) is 107 cm³/mol. The zero-order valence-corrected chi connectivity index (χ0v) is 16.5. The second-order valence-corrected chi connectivity index (χ2v) is 7.48. The van der Waals surface area contributed by atoms with Crippen LogP contribution >= 0.6 is 0 Å². The fourth-order valence-corrected chi connectivity index (χ4v) is 3.57. The topological polar surface area (TPSA) is 47.6 Å². The van der Waals surface area contributed by atoms with Crippen LogP contribution in [0.1, 0.15) is 36.5 Å². The van der Waals surface area contributed by atoms with Crippen LogP contribution in [0.2, 0.25) is 0 Å². The van der Waals surface area contributed by atoms with E-state index in [1.807, 2.05) is 31.2 Å². The maximum absolute atomic E-state index is 12.6. The molecule has 1 unspecified atom stereocenters. The van der Waals surface area contributed by atoms with Crippen LogP contribution < -0.4 is 10.1 Å². The summed E-state index contributed by atoms with van der Waals surface area (Å²) in [5.41, 5.74) is 3.56. The Hall–Kier alpha value is -2.33. The highest BCUT2D eigenvalue weighted by atomic mass is 16.5. The highest BCUT2D eigenvalue weighted by molar-refractivity contribution is 5.80. The lowest BCUT2D eigenvalue weighted by atomic mass is 9.74. The molecule has 0 radical (unpaired) electrons. The minimum Gasteiger partial charge on any atom is -0.481 e. The van der Waals surface area contributed by atoms with Crippen molar-refractivity contribution in [1.29, 1.82) is 0 Å². The highest BCUT2D eigenvalue weighted by Crippen LogP contribution is 2.34. The molecule has 0 spiro atoms. The molecule has 1 amide bonds. The highest BCUT2D eigenvalue weighted by Gasteiger charge is 2.35. The third kappa shape index (κ3) is 4.69. The predicted octanol–water partition coefficient (Wildman–Crippen LogP) is 3.94. The van der Waals surface area contributed by atoms with Crippen LogP contribution in [0.4, 0.5) is 0 Å². The van der Waals surface area contributed by atoms with Gasteiger partial charge in [0.15, 0.2) is 6.10 Å². The number of ether oxygens (including phenoxy) is 2. The van der Waals surface area contributed by atoms with Crippen LogP contribution in [0, 0.1) is 13.8 Å². The smallest absolute Gasteiger partial charge is 0.260 e. The average Bonchev–Trinajstić information content (AvgIpc) is 2.70. The fourth-order valence-electron chi connectivity index (χ4n) is 3.57. The van der Waals surface area contributed by atoms with E-state index in [-0.39, 0.29) is 11.3 Å². The first-order valence-corrected chi connectivity index (χ1v) is 9.65. The van der Waals surface area contributed by atoms with E-state index in [1.165, 1.54) is 11.1 Å². The quantitative estimate of drug-likeness (QED) is 0.841. The van der Waals surface area contributed by atoms with Gasteiger partial charge in [-0.2, -0.15) is 0 Å². The molecule has 1 atom stereocenters. The number of nitrogens with one attached hydrogen (secondary N) is 1. The summed E-state index contributed by atoms with van der Waals surface area (Å²) >= 11 is 0. The molecule has 1 saturated heterocycles. The molecule has 1 aliphatic heterocycles. The molecule has 2 aromatic rings. The molecule has 144 valence electrons. The molecule has 4 heteroatoms. The van der Waals surface area contributed by atoms with Crippen LogP contribution in [-0.2, 0) is 14.9 Å². The van der Waals surface area contributed by atoms with E-state index in [1.54, 1.807) is 6.92 Å². The van der Waals surface area contributed by atoms with Crippen molar-refractivity contribution in [2.45, 2.75) is 45.1 Å². The van der Waals surface area contributed by atoms with Crippen molar-refractivity contribution in [2.75, 3.05) is 19.8 Å². The number of benzene rings is 2. The van der Waals surface area contributed by atoms with Gasteiger partial charge in [-0.05, 0) is 62.4 Å². The molecule has 2 aromatic carbocycles. The Morgan fingerprint density at radius 1 is 1.11 bits per heavy atom. The number of carbonyl (C=O) groups excluding carboxylic acids is 1. The normalized spacial score (nSPS) is 17.1. The van der Waals surface area contributed by atoms with Gasteiger partial charge in [-0.25, -0.2) is 0 Å². The third-order valence-corrected chi connectivity index (χ3v) is 5.60. The first kappa shape index (κ1) is 19.4. The van der Waals surface area contributed by atoms with Gasteiger partial charge in [-0.3, -0.25) is 4.79 Å². The maximum atomic E-state index is 12.6. The molecule has 3 rings (SSSR count). The Morgan fingerprint density at radius 3 is 2.48 bits per heavy atom. The van der Waals surface area contributed by atoms with Gasteiger partial charge in [0.05, 0.1) is 0 Å². The standard InChI is InChI=1S/C23H29NO3/c1-17-9-10-21(15-18(17)2)27-19(3)22(25)24-16-23(11-13-26-14-12-23)20-7-5-4-6-8-20/h4-10,15,19H,11-14,16H2,1-3H3,(H,24,25). The molecular weight excluding hydrogens is 338 g/mol. The van der Waals surface area contributed by atoms with Crippen LogP contribution in [0.25, 0.3) is 0 Å². The van der Waals surface area contributed by atoms with Gasteiger partial charge in [0.2, 0.25) is 0 Å². The zero-order valence-electron chi connectivity index (χ0n) is 16.5. The molecule has 1 aliphatic rings. The van der Waals surface area contributed by atoms with Crippen LogP contribution in [0.5, 0.6) is 5.75 Å². The Labute approximate surface area is 161 Å². The Morgan fingerprint density at radius 2 is 1.81 bits per heavy atom. The molecule has 0 aromatic heterocycles. The largest absolute Gasteiger partial charge is 0.481 e. The average molecular weight is 367 g/mol. The molecular formula is C23H29NO3. The third-order valence-electron chi connectivity index (χ3n) is 5.60. The van der Waals surface area contributed by atoms with Crippen molar-refractivity contribution < 1.29 is 14.3 Å². The summed E-state index contributed by atoms with van der Waals surface area (Å²) in [5.74, 6) is 0.639. The number of hydrogen-bond acceptors (Lipinski definition) is 3. The number of carbonyl (C=O) groups is 1. The molecule has 27 heavy (non-hydrogen) atoms. The monoisotopic (exact) mass is 367 g/mol. The summed E-state index contributed by atoms with van der Waals surface area (Å²) in [6.45, 7) is 7.94. The van der Waals surface area contributed by atoms with Crippen LogP contribution in [0.15, 0.2) is 48.5 Å². The van der Waals surface area contributed by atoms with E-state index in [0.717, 1.165) is 37.4 Å². The summed E-state index contributed by atoms with van der Waals surface area (Å²) in [6, 6.07) is 16.3. The van der Waals surface area contributed by atoms with Crippen LogP contribution in [-0.4, -0.2) is 31.8 Å². The van der Waals surface area contributed by atoms with Crippen molar-refractivity contribution in [3.05, 3.63) is 65.2 Å². The SMILES string of the molecule is Cc1ccc(OC(C)C(=O)NCC2(c3ccccc3)CCOCC2)cc1C. The van der Waals surface area contributed by atoms with E-state index >= 15 is 0 Å². The fraction of sp³-hybridized carbons (Fsp3) is 0.435. The van der Waals surface area contributed by atoms with Crippen molar-refractivity contribution in [1.82, 2.24) is 5.32 Å². The maximum Gasteiger partial charge on any atom is 0.260 e. The Bertz CT molecular complexity index is 766. The lowest BCUT2D eigenvalue weighted by molar-refractivity contribution is -0.127. The van der Waals surface area contributed by atoms with E-state index in [4.69, 9.17) is 9.47 Å². The molecule has 0 saturated carbocycles. The van der Waals surface area contributed by atoms with Gasteiger partial charge < -0.3 is 14.8 Å². The van der Waals surface area contributed by atoms with Gasteiger partial charge >= 0.3 is 0 Å². The molecule has 1 fully saturated rings. The lowest BCUT2D eigenvalue weighted by Gasteiger charge is -2.38. The number of amides is 1. The minimum atomic E-state index is -0.542. The Balaban J connectivity index is 1.64. The molecule has 4 nitrogen and oxygen atoms in total. The number of aryl methyl sites for hydroxylation is 2. The summed E-state index contributed by atoms with van der Waals surface area (Å²) in [4.78, 5) is 12.6. The summed E-state index contributed by atoms with van der Waals surface area (Å²) in [5, 5.41) is 3.12. The van der Waals surface area contributed by atoms with Crippen molar-refractivity contribution in [3.8, 4) is 5.75 Å². The molecule has 0 aliphatic carbocycles. The number of rotatable bonds is 6. The van der Waals surface area contributed by atoms with Gasteiger partial charge in [-0.15, -0.1) is 0 Å². The second kappa shape index (κ2) is 8.57. The van der Waals surface area contributed by atoms with E-state index in [2.05, 4.69) is 36.5 Å². The van der Waals surface area contributed by atoms with Gasteiger partial charge in [0, 0.05) is 25.2 Å². The molecule has 1 N–H and O–H groups in total. The van der Waals surface area contributed by atoms with Crippen LogP contribution in [0.3, 0.4) is 0 Å².